The molecule has 4 nitrogen and oxygen atoms in total. The molecule has 0 spiro atoms. The van der Waals surface area contributed by atoms with Gasteiger partial charge in [0.2, 0.25) is 0 Å². The molecule has 0 radical (unpaired) electrons. The number of ketones is 1. The van der Waals surface area contributed by atoms with Crippen molar-refractivity contribution in [3.63, 3.8) is 0 Å². The number of hydrogen-bond acceptors (Lipinski definition) is 3. The van der Waals surface area contributed by atoms with E-state index in [1.807, 2.05) is 25.1 Å². The summed E-state index contributed by atoms with van der Waals surface area (Å²) in [7, 11) is 0. The van der Waals surface area contributed by atoms with Crippen LogP contribution in [0.5, 0.6) is 5.75 Å². The highest BCUT2D eigenvalue weighted by atomic mass is 16.5. The molecule has 1 atom stereocenters. The monoisotopic (exact) mass is 325 g/mol. The third-order valence-electron chi connectivity index (χ3n) is 3.75. The molecule has 24 heavy (non-hydrogen) atoms. The molecule has 1 N–H and O–H groups in total. The summed E-state index contributed by atoms with van der Waals surface area (Å²) >= 11 is 0. The molecule has 0 aliphatic rings. The maximum atomic E-state index is 11.9. The Labute approximate surface area is 142 Å². The molecule has 1 amide bonds. The second-order valence-corrected chi connectivity index (χ2v) is 5.86. The largest absolute Gasteiger partial charge is 0.484 e. The summed E-state index contributed by atoms with van der Waals surface area (Å²) in [4.78, 5) is 23.1. The van der Waals surface area contributed by atoms with Crippen molar-refractivity contribution in [1.82, 2.24) is 5.32 Å². The number of benzene rings is 2. The fraction of sp³-hybridized carbons (Fsp3) is 0.300. The van der Waals surface area contributed by atoms with Crippen LogP contribution in [-0.2, 0) is 11.2 Å². The van der Waals surface area contributed by atoms with Crippen molar-refractivity contribution in [2.75, 3.05) is 6.61 Å². The number of Topliss-reactive ketones (excluding diaryl/α,β-unsaturated/α-hetero) is 1. The van der Waals surface area contributed by atoms with Gasteiger partial charge in [-0.15, -0.1) is 0 Å². The topological polar surface area (TPSA) is 55.4 Å². The molecule has 0 aliphatic carbocycles. The van der Waals surface area contributed by atoms with Crippen LogP contribution in [0, 0.1) is 0 Å². The standard InChI is InChI=1S/C20H23NO3/c1-15(8-9-17-6-4-3-5-7-17)21-20(23)14-24-19-12-10-18(11-13-19)16(2)22/h3-7,10-13,15H,8-9,14H2,1-2H3,(H,21,23)/t15-/m1/s1. The van der Waals surface area contributed by atoms with E-state index in [2.05, 4.69) is 17.4 Å². The zero-order valence-electron chi connectivity index (χ0n) is 14.1. The number of carbonyl (C=O) groups excluding carboxylic acids is 2. The molecule has 0 heterocycles. The van der Waals surface area contributed by atoms with E-state index in [4.69, 9.17) is 4.74 Å². The first-order valence-corrected chi connectivity index (χ1v) is 8.11. The fourth-order valence-electron chi connectivity index (χ4n) is 2.35. The van der Waals surface area contributed by atoms with Crippen molar-refractivity contribution in [2.45, 2.75) is 32.7 Å². The van der Waals surface area contributed by atoms with Gasteiger partial charge in [-0.1, -0.05) is 30.3 Å². The van der Waals surface area contributed by atoms with E-state index in [1.165, 1.54) is 12.5 Å². The molecular formula is C20H23NO3. The first-order valence-electron chi connectivity index (χ1n) is 8.11. The predicted molar refractivity (Wildman–Crippen MR) is 94.3 cm³/mol. The van der Waals surface area contributed by atoms with Gasteiger partial charge < -0.3 is 10.1 Å². The van der Waals surface area contributed by atoms with E-state index in [0.29, 0.717) is 11.3 Å². The minimum atomic E-state index is -0.147. The maximum Gasteiger partial charge on any atom is 0.258 e. The molecule has 2 rings (SSSR count). The first kappa shape index (κ1) is 17.7. The van der Waals surface area contributed by atoms with Crippen LogP contribution >= 0.6 is 0 Å². The quantitative estimate of drug-likeness (QED) is 0.757. The third kappa shape index (κ3) is 5.88. The molecule has 2 aromatic rings. The summed E-state index contributed by atoms with van der Waals surface area (Å²) in [5.74, 6) is 0.435. The minimum Gasteiger partial charge on any atom is -0.484 e. The Balaban J connectivity index is 1.71. The summed E-state index contributed by atoms with van der Waals surface area (Å²) in [6.07, 6.45) is 1.80. The highest BCUT2D eigenvalue weighted by Gasteiger charge is 2.08. The van der Waals surface area contributed by atoms with Gasteiger partial charge in [-0.2, -0.15) is 0 Å². The van der Waals surface area contributed by atoms with E-state index in [1.54, 1.807) is 24.3 Å². The van der Waals surface area contributed by atoms with Gasteiger partial charge in [0, 0.05) is 11.6 Å². The van der Waals surface area contributed by atoms with E-state index >= 15 is 0 Å². The predicted octanol–water partition coefficient (Wildman–Crippen LogP) is 3.41. The molecular weight excluding hydrogens is 302 g/mol. The highest BCUT2D eigenvalue weighted by molar-refractivity contribution is 5.94. The van der Waals surface area contributed by atoms with Gasteiger partial charge in [-0.3, -0.25) is 9.59 Å². The Morgan fingerprint density at radius 3 is 2.33 bits per heavy atom. The molecule has 126 valence electrons. The second-order valence-electron chi connectivity index (χ2n) is 5.86. The lowest BCUT2D eigenvalue weighted by atomic mass is 10.1. The number of amides is 1. The maximum absolute atomic E-state index is 11.9. The van der Waals surface area contributed by atoms with Crippen molar-refractivity contribution in [3.05, 3.63) is 65.7 Å². The van der Waals surface area contributed by atoms with Gasteiger partial charge in [0.1, 0.15) is 5.75 Å². The number of hydrogen-bond donors (Lipinski definition) is 1. The summed E-state index contributed by atoms with van der Waals surface area (Å²) in [6, 6.07) is 17.1. The summed E-state index contributed by atoms with van der Waals surface area (Å²) in [5, 5.41) is 2.93. The van der Waals surface area contributed by atoms with Gasteiger partial charge >= 0.3 is 0 Å². The molecule has 0 saturated carbocycles. The molecule has 0 unspecified atom stereocenters. The van der Waals surface area contributed by atoms with Crippen LogP contribution in [-0.4, -0.2) is 24.3 Å². The van der Waals surface area contributed by atoms with Crippen LogP contribution in [0.2, 0.25) is 0 Å². The Kier molecular flexibility index (Phi) is 6.55. The molecule has 0 fully saturated rings. The number of carbonyl (C=O) groups is 2. The number of aryl methyl sites for hydroxylation is 1. The lowest BCUT2D eigenvalue weighted by Gasteiger charge is -2.14. The number of ether oxygens (including phenoxy) is 1. The molecule has 4 heteroatoms. The summed E-state index contributed by atoms with van der Waals surface area (Å²) in [5.41, 5.74) is 1.89. The molecule has 0 aromatic heterocycles. The Morgan fingerprint density at radius 1 is 1.04 bits per heavy atom. The summed E-state index contributed by atoms with van der Waals surface area (Å²) < 4.78 is 5.44. The Morgan fingerprint density at radius 2 is 1.71 bits per heavy atom. The molecule has 2 aromatic carbocycles. The second kappa shape index (κ2) is 8.87. The van der Waals surface area contributed by atoms with Crippen molar-refractivity contribution in [3.8, 4) is 5.75 Å². The van der Waals surface area contributed by atoms with Crippen LogP contribution in [0.1, 0.15) is 36.2 Å². The number of rotatable bonds is 8. The zero-order chi connectivity index (χ0) is 17.4. The fourth-order valence-corrected chi connectivity index (χ4v) is 2.35. The third-order valence-corrected chi connectivity index (χ3v) is 3.75. The van der Waals surface area contributed by atoms with Crippen LogP contribution in [0.3, 0.4) is 0 Å². The molecule has 0 bridgehead atoms. The van der Waals surface area contributed by atoms with Crippen molar-refractivity contribution >= 4 is 11.7 Å². The van der Waals surface area contributed by atoms with Crippen molar-refractivity contribution in [2.24, 2.45) is 0 Å². The molecule has 0 saturated heterocycles. The SMILES string of the molecule is CC(=O)c1ccc(OCC(=O)N[C@H](C)CCc2ccccc2)cc1. The Bertz CT molecular complexity index is 665. The van der Waals surface area contributed by atoms with E-state index in [9.17, 15) is 9.59 Å². The van der Waals surface area contributed by atoms with E-state index in [-0.39, 0.29) is 24.3 Å². The van der Waals surface area contributed by atoms with Crippen molar-refractivity contribution in [1.29, 1.82) is 0 Å². The van der Waals surface area contributed by atoms with Gasteiger partial charge in [-0.25, -0.2) is 0 Å². The van der Waals surface area contributed by atoms with Gasteiger partial charge in [0.25, 0.3) is 5.91 Å². The van der Waals surface area contributed by atoms with Gasteiger partial charge in [0.05, 0.1) is 0 Å². The average Bonchev–Trinajstić information content (AvgIpc) is 2.59. The zero-order valence-corrected chi connectivity index (χ0v) is 14.1. The van der Waals surface area contributed by atoms with Crippen LogP contribution in [0.4, 0.5) is 0 Å². The highest BCUT2D eigenvalue weighted by Crippen LogP contribution is 2.12. The van der Waals surface area contributed by atoms with Gasteiger partial charge in [0.15, 0.2) is 12.4 Å². The van der Waals surface area contributed by atoms with Crippen LogP contribution < -0.4 is 10.1 Å². The number of nitrogens with one attached hydrogen (secondary N) is 1. The van der Waals surface area contributed by atoms with E-state index < -0.39 is 0 Å². The smallest absolute Gasteiger partial charge is 0.258 e. The Hall–Kier alpha value is -2.62. The molecule has 0 aliphatic heterocycles. The minimum absolute atomic E-state index is 0.00605. The normalized spacial score (nSPS) is 11.6. The van der Waals surface area contributed by atoms with Crippen LogP contribution in [0.25, 0.3) is 0 Å². The lowest BCUT2D eigenvalue weighted by Crippen LogP contribution is -2.36. The first-order chi connectivity index (χ1) is 11.5. The van der Waals surface area contributed by atoms with E-state index in [0.717, 1.165) is 12.8 Å². The lowest BCUT2D eigenvalue weighted by molar-refractivity contribution is -0.123. The summed E-state index contributed by atoms with van der Waals surface area (Å²) in [6.45, 7) is 3.47. The van der Waals surface area contributed by atoms with Crippen molar-refractivity contribution < 1.29 is 14.3 Å². The van der Waals surface area contributed by atoms with Crippen LogP contribution in [0.15, 0.2) is 54.6 Å². The average molecular weight is 325 g/mol. The van der Waals surface area contributed by atoms with Gasteiger partial charge in [-0.05, 0) is 56.5 Å².